The molecule has 3 aromatic carbocycles. The topological polar surface area (TPSA) is 58.2 Å². The second kappa shape index (κ2) is 7.80. The van der Waals surface area contributed by atoms with Crippen molar-refractivity contribution in [3.63, 3.8) is 0 Å². The maximum absolute atomic E-state index is 13.2. The first-order valence-corrected chi connectivity index (χ1v) is 10.0. The van der Waals surface area contributed by atoms with Crippen LogP contribution < -0.4 is 10.0 Å². The first-order chi connectivity index (χ1) is 12.8. The van der Waals surface area contributed by atoms with Crippen LogP contribution in [-0.4, -0.2) is 8.42 Å². The number of aryl methyl sites for hydroxylation is 2. The summed E-state index contributed by atoms with van der Waals surface area (Å²) in [5.41, 5.74) is 4.07. The van der Waals surface area contributed by atoms with Crippen LogP contribution in [0.4, 0.5) is 15.8 Å². The molecule has 0 unspecified atom stereocenters. The summed E-state index contributed by atoms with van der Waals surface area (Å²) in [4.78, 5) is 0.0606. The van der Waals surface area contributed by atoms with Gasteiger partial charge < -0.3 is 5.32 Å². The molecule has 0 aromatic heterocycles. The lowest BCUT2D eigenvalue weighted by Gasteiger charge is -2.12. The fourth-order valence-corrected chi connectivity index (χ4v) is 3.98. The van der Waals surface area contributed by atoms with Crippen molar-refractivity contribution in [3.8, 4) is 0 Å². The molecule has 140 valence electrons. The fourth-order valence-electron chi connectivity index (χ4n) is 2.69. The highest BCUT2D eigenvalue weighted by atomic mass is 32.2. The molecule has 0 aliphatic heterocycles. The van der Waals surface area contributed by atoms with E-state index >= 15 is 0 Å². The number of hydrogen-bond acceptors (Lipinski definition) is 3. The van der Waals surface area contributed by atoms with Crippen LogP contribution in [0.1, 0.15) is 16.7 Å². The van der Waals surface area contributed by atoms with E-state index in [0.29, 0.717) is 17.8 Å². The molecule has 2 N–H and O–H groups in total. The van der Waals surface area contributed by atoms with E-state index in [-0.39, 0.29) is 4.90 Å². The Balaban J connectivity index is 1.67. The van der Waals surface area contributed by atoms with Gasteiger partial charge in [-0.15, -0.1) is 0 Å². The van der Waals surface area contributed by atoms with Gasteiger partial charge in [-0.2, -0.15) is 0 Å². The summed E-state index contributed by atoms with van der Waals surface area (Å²) in [6.07, 6.45) is 0. The van der Waals surface area contributed by atoms with Crippen LogP contribution in [0, 0.1) is 19.7 Å². The Morgan fingerprint density at radius 2 is 1.48 bits per heavy atom. The van der Waals surface area contributed by atoms with Gasteiger partial charge in [0, 0.05) is 17.9 Å². The average molecular weight is 384 g/mol. The van der Waals surface area contributed by atoms with Crippen LogP contribution in [0.25, 0.3) is 0 Å². The zero-order chi connectivity index (χ0) is 19.4. The molecule has 3 rings (SSSR count). The molecule has 0 amide bonds. The maximum atomic E-state index is 13.2. The predicted molar refractivity (Wildman–Crippen MR) is 107 cm³/mol. The molecule has 0 saturated heterocycles. The summed E-state index contributed by atoms with van der Waals surface area (Å²) < 4.78 is 40.7. The Kier molecular flexibility index (Phi) is 5.46. The summed E-state index contributed by atoms with van der Waals surface area (Å²) >= 11 is 0. The Morgan fingerprint density at radius 1 is 0.852 bits per heavy atom. The molecular weight excluding hydrogens is 363 g/mol. The SMILES string of the molecule is Cc1ccc(CNc2ccc(NS(=O)(=O)c3ccc(F)cc3C)cc2)cc1. The van der Waals surface area contributed by atoms with E-state index in [0.717, 1.165) is 17.3 Å². The average Bonchev–Trinajstić information content (AvgIpc) is 2.62. The number of anilines is 2. The lowest BCUT2D eigenvalue weighted by molar-refractivity contribution is 0.598. The predicted octanol–water partition coefficient (Wildman–Crippen LogP) is 4.86. The fraction of sp³-hybridized carbons (Fsp3) is 0.143. The van der Waals surface area contributed by atoms with E-state index < -0.39 is 15.8 Å². The van der Waals surface area contributed by atoms with Crippen LogP contribution in [0.15, 0.2) is 71.6 Å². The van der Waals surface area contributed by atoms with Crippen molar-refractivity contribution < 1.29 is 12.8 Å². The Hall–Kier alpha value is -2.86. The molecule has 0 radical (unpaired) electrons. The van der Waals surface area contributed by atoms with Gasteiger partial charge in [0.2, 0.25) is 0 Å². The smallest absolute Gasteiger partial charge is 0.262 e. The number of halogens is 1. The van der Waals surface area contributed by atoms with E-state index in [1.54, 1.807) is 19.1 Å². The molecule has 0 heterocycles. The normalized spacial score (nSPS) is 11.2. The summed E-state index contributed by atoms with van der Waals surface area (Å²) in [7, 11) is -3.77. The van der Waals surface area contributed by atoms with E-state index in [1.807, 2.05) is 19.1 Å². The van der Waals surface area contributed by atoms with Crippen molar-refractivity contribution in [2.75, 3.05) is 10.0 Å². The zero-order valence-corrected chi connectivity index (χ0v) is 16.0. The van der Waals surface area contributed by atoms with E-state index in [9.17, 15) is 12.8 Å². The summed E-state index contributed by atoms with van der Waals surface area (Å²) in [5, 5.41) is 3.30. The maximum Gasteiger partial charge on any atom is 0.262 e. The summed E-state index contributed by atoms with van der Waals surface area (Å²) in [5.74, 6) is -0.463. The summed E-state index contributed by atoms with van der Waals surface area (Å²) in [6, 6.07) is 18.9. The van der Waals surface area contributed by atoms with E-state index in [4.69, 9.17) is 0 Å². The largest absolute Gasteiger partial charge is 0.381 e. The first-order valence-electron chi connectivity index (χ1n) is 8.52. The van der Waals surface area contributed by atoms with Crippen LogP contribution in [0.2, 0.25) is 0 Å². The zero-order valence-electron chi connectivity index (χ0n) is 15.2. The second-order valence-electron chi connectivity index (χ2n) is 6.43. The third-order valence-electron chi connectivity index (χ3n) is 4.18. The van der Waals surface area contributed by atoms with Crippen LogP contribution in [-0.2, 0) is 16.6 Å². The molecule has 6 heteroatoms. The number of benzene rings is 3. The lowest BCUT2D eigenvalue weighted by Crippen LogP contribution is -2.14. The number of nitrogens with one attached hydrogen (secondary N) is 2. The molecule has 0 aliphatic carbocycles. The first kappa shape index (κ1) is 18.9. The molecule has 0 aliphatic rings. The van der Waals surface area contributed by atoms with Crippen molar-refractivity contribution in [2.24, 2.45) is 0 Å². The van der Waals surface area contributed by atoms with Crippen molar-refractivity contribution >= 4 is 21.4 Å². The van der Waals surface area contributed by atoms with E-state index in [2.05, 4.69) is 34.3 Å². The van der Waals surface area contributed by atoms with Gasteiger partial charge in [0.15, 0.2) is 0 Å². The Morgan fingerprint density at radius 3 is 2.11 bits per heavy atom. The van der Waals surface area contributed by atoms with Crippen molar-refractivity contribution in [2.45, 2.75) is 25.3 Å². The van der Waals surface area contributed by atoms with E-state index in [1.165, 1.54) is 17.7 Å². The van der Waals surface area contributed by atoms with Crippen molar-refractivity contribution in [3.05, 3.63) is 89.2 Å². The molecule has 0 atom stereocenters. The van der Waals surface area contributed by atoms with Crippen LogP contribution in [0.5, 0.6) is 0 Å². The molecular formula is C21H21FN2O2S. The molecule has 0 spiro atoms. The quantitative estimate of drug-likeness (QED) is 0.638. The monoisotopic (exact) mass is 384 g/mol. The number of rotatable bonds is 6. The van der Waals surface area contributed by atoms with Gasteiger partial charge in [-0.3, -0.25) is 4.72 Å². The molecule has 27 heavy (non-hydrogen) atoms. The van der Waals surface area contributed by atoms with Gasteiger partial charge in [0.1, 0.15) is 5.82 Å². The highest BCUT2D eigenvalue weighted by Gasteiger charge is 2.17. The van der Waals surface area contributed by atoms with Gasteiger partial charge in [0.25, 0.3) is 10.0 Å². The molecule has 0 fully saturated rings. The minimum absolute atomic E-state index is 0.0606. The van der Waals surface area contributed by atoms with Gasteiger partial charge in [-0.25, -0.2) is 12.8 Å². The third kappa shape index (κ3) is 4.86. The lowest BCUT2D eigenvalue weighted by atomic mass is 10.1. The van der Waals surface area contributed by atoms with Crippen molar-refractivity contribution in [1.82, 2.24) is 0 Å². The van der Waals surface area contributed by atoms with Crippen molar-refractivity contribution in [1.29, 1.82) is 0 Å². The Labute approximate surface area is 159 Å². The van der Waals surface area contributed by atoms with Crippen LogP contribution in [0.3, 0.4) is 0 Å². The van der Waals surface area contributed by atoms with Gasteiger partial charge in [-0.1, -0.05) is 29.8 Å². The molecule has 0 saturated carbocycles. The second-order valence-corrected chi connectivity index (χ2v) is 8.08. The number of hydrogen-bond donors (Lipinski definition) is 2. The molecule has 0 bridgehead atoms. The summed E-state index contributed by atoms with van der Waals surface area (Å²) in [6.45, 7) is 4.29. The van der Waals surface area contributed by atoms with Gasteiger partial charge in [-0.05, 0) is 67.4 Å². The van der Waals surface area contributed by atoms with Gasteiger partial charge in [0.05, 0.1) is 4.90 Å². The standard InChI is InChI=1S/C21H21FN2O2S/c1-15-3-5-17(6-4-15)14-23-19-8-10-20(11-9-19)24-27(25,26)21-12-7-18(22)13-16(21)2/h3-13,23-24H,14H2,1-2H3. The molecule has 4 nitrogen and oxygen atoms in total. The van der Waals surface area contributed by atoms with Crippen LogP contribution >= 0.6 is 0 Å². The highest BCUT2D eigenvalue weighted by Crippen LogP contribution is 2.21. The minimum Gasteiger partial charge on any atom is -0.381 e. The minimum atomic E-state index is -3.77. The Bertz CT molecular complexity index is 1030. The highest BCUT2D eigenvalue weighted by molar-refractivity contribution is 7.92. The number of sulfonamides is 1. The van der Waals surface area contributed by atoms with Gasteiger partial charge >= 0.3 is 0 Å². The third-order valence-corrected chi connectivity index (χ3v) is 5.72. The molecule has 3 aromatic rings.